The van der Waals surface area contributed by atoms with Crippen molar-refractivity contribution < 1.29 is 0 Å². The van der Waals surface area contributed by atoms with Gasteiger partial charge in [-0.15, -0.1) is 0 Å². The van der Waals surface area contributed by atoms with E-state index < -0.39 is 0 Å². The second kappa shape index (κ2) is 5.97. The molecule has 4 heteroatoms. The molecule has 19 heavy (non-hydrogen) atoms. The molecular formula is C15H22N4. The van der Waals surface area contributed by atoms with Crippen molar-refractivity contribution >= 4 is 0 Å². The minimum Gasteiger partial charge on any atom is -0.311 e. The van der Waals surface area contributed by atoms with E-state index in [9.17, 15) is 0 Å². The van der Waals surface area contributed by atoms with E-state index in [1.54, 1.807) is 0 Å². The summed E-state index contributed by atoms with van der Waals surface area (Å²) in [6.45, 7) is 6.36. The quantitative estimate of drug-likeness (QED) is 0.896. The van der Waals surface area contributed by atoms with Crippen LogP contribution in [0.25, 0.3) is 0 Å². The van der Waals surface area contributed by atoms with Gasteiger partial charge in [-0.3, -0.25) is 9.67 Å². The molecule has 2 rings (SSSR count). The monoisotopic (exact) mass is 258 g/mol. The normalized spacial score (nSPS) is 12.9. The molecule has 1 N–H and O–H groups in total. The minimum absolute atomic E-state index is 0.205. The minimum atomic E-state index is 0.205. The van der Waals surface area contributed by atoms with E-state index in [1.807, 2.05) is 30.2 Å². The summed E-state index contributed by atoms with van der Waals surface area (Å²) in [6, 6.07) is 6.76. The summed E-state index contributed by atoms with van der Waals surface area (Å²) in [5.41, 5.74) is 3.41. The molecule has 1 atom stereocenters. The Morgan fingerprint density at radius 3 is 2.68 bits per heavy atom. The van der Waals surface area contributed by atoms with Gasteiger partial charge in [-0.25, -0.2) is 0 Å². The molecule has 1 unspecified atom stereocenters. The highest BCUT2D eigenvalue weighted by Gasteiger charge is 2.15. The third kappa shape index (κ3) is 3.20. The summed E-state index contributed by atoms with van der Waals surface area (Å²) in [4.78, 5) is 4.49. The van der Waals surface area contributed by atoms with Crippen molar-refractivity contribution in [3.05, 3.63) is 47.5 Å². The molecule has 102 valence electrons. The van der Waals surface area contributed by atoms with Gasteiger partial charge in [0.15, 0.2) is 0 Å². The zero-order valence-electron chi connectivity index (χ0n) is 12.1. The predicted octanol–water partition coefficient (Wildman–Crippen LogP) is 2.67. The first-order valence-electron chi connectivity index (χ1n) is 6.74. The lowest BCUT2D eigenvalue weighted by molar-refractivity contribution is 0.511. The average Bonchev–Trinajstić information content (AvgIpc) is 2.86. The third-order valence-corrected chi connectivity index (χ3v) is 3.33. The lowest BCUT2D eigenvalue weighted by Crippen LogP contribution is -2.21. The van der Waals surface area contributed by atoms with Gasteiger partial charge < -0.3 is 5.32 Å². The zero-order valence-corrected chi connectivity index (χ0v) is 12.1. The van der Waals surface area contributed by atoms with Gasteiger partial charge in [0.05, 0.1) is 17.4 Å². The molecule has 0 fully saturated rings. The van der Waals surface area contributed by atoms with Crippen LogP contribution in [0.5, 0.6) is 0 Å². The highest BCUT2D eigenvalue weighted by Crippen LogP contribution is 2.18. The Labute approximate surface area is 114 Å². The van der Waals surface area contributed by atoms with Gasteiger partial charge in [-0.2, -0.15) is 5.10 Å². The van der Waals surface area contributed by atoms with Crippen molar-refractivity contribution in [3.63, 3.8) is 0 Å². The number of rotatable bonds is 5. The number of pyridine rings is 1. The zero-order chi connectivity index (χ0) is 13.8. The standard InChI is InChI=1S/C15H22N4/c1-11(2)19-9-7-13(18-19)10-14(16-4)15-12(3)6-5-8-17-15/h5-9,11,14,16H,10H2,1-4H3. The van der Waals surface area contributed by atoms with Crippen molar-refractivity contribution in [2.75, 3.05) is 7.05 Å². The Morgan fingerprint density at radius 2 is 2.11 bits per heavy atom. The molecule has 2 heterocycles. The van der Waals surface area contributed by atoms with Gasteiger partial charge in [0.25, 0.3) is 0 Å². The Hall–Kier alpha value is -1.68. The fourth-order valence-electron chi connectivity index (χ4n) is 2.18. The third-order valence-electron chi connectivity index (χ3n) is 3.33. The number of nitrogens with one attached hydrogen (secondary N) is 1. The van der Waals surface area contributed by atoms with Gasteiger partial charge in [-0.05, 0) is 45.5 Å². The Morgan fingerprint density at radius 1 is 1.32 bits per heavy atom. The van der Waals surface area contributed by atoms with Crippen LogP contribution in [-0.4, -0.2) is 21.8 Å². The van der Waals surface area contributed by atoms with E-state index >= 15 is 0 Å². The van der Waals surface area contributed by atoms with E-state index in [2.05, 4.69) is 48.3 Å². The number of hydrogen-bond donors (Lipinski definition) is 1. The molecule has 0 aliphatic rings. The number of likely N-dealkylation sites (N-methyl/N-ethyl adjacent to an activating group) is 1. The van der Waals surface area contributed by atoms with E-state index in [0.29, 0.717) is 6.04 Å². The van der Waals surface area contributed by atoms with Crippen LogP contribution in [0.1, 0.15) is 42.9 Å². The van der Waals surface area contributed by atoms with Crippen molar-refractivity contribution in [1.82, 2.24) is 20.1 Å². The van der Waals surface area contributed by atoms with Gasteiger partial charge in [0.2, 0.25) is 0 Å². The van der Waals surface area contributed by atoms with E-state index in [1.165, 1.54) is 5.56 Å². The van der Waals surface area contributed by atoms with Crippen LogP contribution >= 0.6 is 0 Å². The van der Waals surface area contributed by atoms with E-state index in [-0.39, 0.29) is 6.04 Å². The topological polar surface area (TPSA) is 42.7 Å². The lowest BCUT2D eigenvalue weighted by Gasteiger charge is -2.16. The maximum Gasteiger partial charge on any atom is 0.0644 e. The average molecular weight is 258 g/mol. The molecule has 0 aliphatic carbocycles. The summed E-state index contributed by atoms with van der Waals surface area (Å²) in [5.74, 6) is 0. The molecule has 4 nitrogen and oxygen atoms in total. The Bertz CT molecular complexity index is 530. The van der Waals surface area contributed by atoms with Crippen molar-refractivity contribution in [2.45, 2.75) is 39.3 Å². The highest BCUT2D eigenvalue weighted by molar-refractivity contribution is 5.22. The second-order valence-electron chi connectivity index (χ2n) is 5.13. The molecule has 2 aromatic heterocycles. The Kier molecular flexibility index (Phi) is 4.32. The molecule has 0 amide bonds. The fourth-order valence-corrected chi connectivity index (χ4v) is 2.18. The molecule has 0 radical (unpaired) electrons. The first-order valence-corrected chi connectivity index (χ1v) is 6.74. The summed E-state index contributed by atoms with van der Waals surface area (Å²) >= 11 is 0. The fraction of sp³-hybridized carbons (Fsp3) is 0.467. The summed E-state index contributed by atoms with van der Waals surface area (Å²) in [7, 11) is 1.97. The molecule has 0 saturated carbocycles. The molecule has 0 aliphatic heterocycles. The van der Waals surface area contributed by atoms with Gasteiger partial charge >= 0.3 is 0 Å². The lowest BCUT2D eigenvalue weighted by atomic mass is 10.0. The molecule has 0 saturated heterocycles. The van der Waals surface area contributed by atoms with Crippen LogP contribution in [-0.2, 0) is 6.42 Å². The molecule has 0 spiro atoms. The maximum absolute atomic E-state index is 4.60. The molecule has 0 bridgehead atoms. The van der Waals surface area contributed by atoms with Crippen LogP contribution in [0.3, 0.4) is 0 Å². The van der Waals surface area contributed by atoms with Crippen molar-refractivity contribution in [1.29, 1.82) is 0 Å². The molecule has 2 aromatic rings. The summed E-state index contributed by atoms with van der Waals surface area (Å²) in [5, 5.41) is 7.94. The number of hydrogen-bond acceptors (Lipinski definition) is 3. The second-order valence-corrected chi connectivity index (χ2v) is 5.13. The van der Waals surface area contributed by atoms with Crippen LogP contribution in [0.2, 0.25) is 0 Å². The SMILES string of the molecule is CNC(Cc1ccn(C(C)C)n1)c1ncccc1C. The number of aryl methyl sites for hydroxylation is 1. The van der Waals surface area contributed by atoms with Gasteiger partial charge in [0.1, 0.15) is 0 Å². The largest absolute Gasteiger partial charge is 0.311 e. The van der Waals surface area contributed by atoms with E-state index in [4.69, 9.17) is 0 Å². The van der Waals surface area contributed by atoms with Crippen molar-refractivity contribution in [3.8, 4) is 0 Å². The number of aromatic nitrogens is 3. The first kappa shape index (κ1) is 13.7. The van der Waals surface area contributed by atoms with Crippen LogP contribution in [0.4, 0.5) is 0 Å². The van der Waals surface area contributed by atoms with Crippen LogP contribution < -0.4 is 5.32 Å². The predicted molar refractivity (Wildman–Crippen MR) is 77.1 cm³/mol. The smallest absolute Gasteiger partial charge is 0.0644 e. The van der Waals surface area contributed by atoms with Gasteiger partial charge in [0, 0.05) is 24.9 Å². The molecule has 0 aromatic carbocycles. The molecular weight excluding hydrogens is 236 g/mol. The first-order chi connectivity index (χ1) is 9.11. The maximum atomic E-state index is 4.60. The van der Waals surface area contributed by atoms with Crippen LogP contribution in [0, 0.1) is 6.92 Å². The van der Waals surface area contributed by atoms with E-state index in [0.717, 1.165) is 17.8 Å². The summed E-state index contributed by atoms with van der Waals surface area (Å²) in [6.07, 6.45) is 4.74. The number of nitrogens with zero attached hydrogens (tertiary/aromatic N) is 3. The summed E-state index contributed by atoms with van der Waals surface area (Å²) < 4.78 is 1.99. The Balaban J connectivity index is 2.17. The van der Waals surface area contributed by atoms with Crippen LogP contribution in [0.15, 0.2) is 30.6 Å². The van der Waals surface area contributed by atoms with Crippen molar-refractivity contribution in [2.24, 2.45) is 0 Å². The highest BCUT2D eigenvalue weighted by atomic mass is 15.3. The van der Waals surface area contributed by atoms with Gasteiger partial charge in [-0.1, -0.05) is 6.07 Å².